The van der Waals surface area contributed by atoms with Crippen molar-refractivity contribution in [3.8, 4) is 17.2 Å². The molecule has 0 saturated carbocycles. The number of ether oxygens (including phenoxy) is 3. The van der Waals surface area contributed by atoms with Crippen molar-refractivity contribution >= 4 is 81.1 Å². The van der Waals surface area contributed by atoms with Crippen LogP contribution in [0.15, 0.2) is 72.4 Å². The number of nitrogens with one attached hydrogen (secondary N) is 3. The Morgan fingerprint density at radius 3 is 2.41 bits per heavy atom. The Hall–Kier alpha value is -3.81. The fourth-order valence-electron chi connectivity index (χ4n) is 3.17. The highest BCUT2D eigenvalue weighted by atomic mass is 127. The molecule has 3 N–H and O–H groups in total. The molecule has 0 bridgehead atoms. The van der Waals surface area contributed by atoms with Crippen LogP contribution in [0.2, 0.25) is 10.0 Å². The number of carbonyl (C=O) groups is 3. The Labute approximate surface area is 260 Å². The number of carbonyl (C=O) groups excluding carboxylic acids is 3. The number of halogens is 3. The van der Waals surface area contributed by atoms with Gasteiger partial charge >= 0.3 is 11.8 Å². The van der Waals surface area contributed by atoms with E-state index in [0.29, 0.717) is 61.0 Å². The van der Waals surface area contributed by atoms with E-state index >= 15 is 0 Å². The van der Waals surface area contributed by atoms with Crippen LogP contribution < -0.4 is 30.3 Å². The molecule has 0 unspecified atom stereocenters. The van der Waals surface area contributed by atoms with Crippen LogP contribution >= 0.6 is 45.8 Å². The third-order valence-electron chi connectivity index (χ3n) is 4.95. The number of rotatable bonds is 12. The van der Waals surface area contributed by atoms with Crippen molar-refractivity contribution in [3.05, 3.63) is 86.4 Å². The minimum Gasteiger partial charge on any atom is -0.490 e. The van der Waals surface area contributed by atoms with Crippen molar-refractivity contribution in [1.82, 2.24) is 5.43 Å². The Morgan fingerprint density at radius 2 is 1.73 bits per heavy atom. The lowest BCUT2D eigenvalue weighted by Gasteiger charge is -2.15. The lowest BCUT2D eigenvalue weighted by Crippen LogP contribution is -2.32. The second kappa shape index (κ2) is 15.8. The van der Waals surface area contributed by atoms with Crippen molar-refractivity contribution < 1.29 is 28.6 Å². The fraction of sp³-hybridized carbons (Fsp3) is 0.143. The summed E-state index contributed by atoms with van der Waals surface area (Å²) in [5.74, 6) is -0.973. The number of benzene rings is 3. The Balaban J connectivity index is 1.58. The second-order valence-electron chi connectivity index (χ2n) is 8.00. The molecule has 0 aliphatic rings. The summed E-state index contributed by atoms with van der Waals surface area (Å²) in [6.07, 6.45) is 2.96. The maximum atomic E-state index is 12.4. The van der Waals surface area contributed by atoms with Gasteiger partial charge in [0.05, 0.1) is 27.1 Å². The average molecular weight is 711 g/mol. The Morgan fingerprint density at radius 1 is 0.976 bits per heavy atom. The fourth-order valence-corrected chi connectivity index (χ4v) is 4.41. The molecule has 3 aromatic rings. The van der Waals surface area contributed by atoms with Gasteiger partial charge in [0.2, 0.25) is 0 Å². The first kappa shape index (κ1) is 31.7. The number of hydrogen-bond donors (Lipinski definition) is 3. The van der Waals surface area contributed by atoms with Crippen molar-refractivity contribution in [2.45, 2.75) is 6.92 Å². The summed E-state index contributed by atoms with van der Waals surface area (Å²) in [6, 6.07) is 14.6. The van der Waals surface area contributed by atoms with Crippen LogP contribution in [0, 0.1) is 3.57 Å². The quantitative estimate of drug-likeness (QED) is 0.0732. The molecule has 0 fully saturated rings. The van der Waals surface area contributed by atoms with Crippen molar-refractivity contribution in [2.75, 3.05) is 30.5 Å². The van der Waals surface area contributed by atoms with Crippen molar-refractivity contribution in [2.24, 2.45) is 5.10 Å². The summed E-state index contributed by atoms with van der Waals surface area (Å²) in [6.45, 7) is 5.75. The molecular formula is C28H25Cl2IN4O6. The normalized spacial score (nSPS) is 10.5. The van der Waals surface area contributed by atoms with Crippen molar-refractivity contribution in [3.63, 3.8) is 0 Å². The van der Waals surface area contributed by atoms with Crippen LogP contribution in [0.3, 0.4) is 0 Å². The summed E-state index contributed by atoms with van der Waals surface area (Å²) in [4.78, 5) is 36.8. The van der Waals surface area contributed by atoms with E-state index in [-0.39, 0.29) is 6.61 Å². The van der Waals surface area contributed by atoms with E-state index in [4.69, 9.17) is 37.4 Å². The van der Waals surface area contributed by atoms with E-state index < -0.39 is 17.7 Å². The highest BCUT2D eigenvalue weighted by Gasteiger charge is 2.16. The third-order valence-corrected chi connectivity index (χ3v) is 6.30. The first-order chi connectivity index (χ1) is 19.7. The molecule has 0 aliphatic heterocycles. The molecule has 10 nitrogen and oxygen atoms in total. The minimum absolute atomic E-state index is 0.298. The molecule has 41 heavy (non-hydrogen) atoms. The summed E-state index contributed by atoms with van der Waals surface area (Å²) < 4.78 is 17.4. The first-order valence-corrected chi connectivity index (χ1v) is 13.9. The molecular weight excluding hydrogens is 686 g/mol. The molecule has 13 heteroatoms. The maximum Gasteiger partial charge on any atom is 0.329 e. The van der Waals surface area contributed by atoms with E-state index in [9.17, 15) is 14.4 Å². The summed E-state index contributed by atoms with van der Waals surface area (Å²) in [5, 5.41) is 9.74. The zero-order valence-corrected chi connectivity index (χ0v) is 25.4. The molecule has 3 aromatic carbocycles. The highest BCUT2D eigenvalue weighted by molar-refractivity contribution is 14.1. The molecule has 0 spiro atoms. The van der Waals surface area contributed by atoms with Gasteiger partial charge in [0.25, 0.3) is 5.91 Å². The van der Waals surface area contributed by atoms with E-state index in [1.54, 1.807) is 61.5 Å². The van der Waals surface area contributed by atoms with Gasteiger partial charge in [-0.2, -0.15) is 5.10 Å². The van der Waals surface area contributed by atoms with Crippen LogP contribution in [0.4, 0.5) is 11.4 Å². The number of hydrogen-bond acceptors (Lipinski definition) is 7. The lowest BCUT2D eigenvalue weighted by atomic mass is 10.2. The molecule has 214 valence electrons. The topological polar surface area (TPSA) is 127 Å². The summed E-state index contributed by atoms with van der Waals surface area (Å²) in [7, 11) is 0. The highest BCUT2D eigenvalue weighted by Crippen LogP contribution is 2.34. The Bertz CT molecular complexity index is 1450. The van der Waals surface area contributed by atoms with Gasteiger partial charge in [-0.1, -0.05) is 35.9 Å². The van der Waals surface area contributed by atoms with Crippen LogP contribution in [0.25, 0.3) is 0 Å². The number of hydrazone groups is 1. The predicted octanol–water partition coefficient (Wildman–Crippen LogP) is 5.67. The molecule has 3 rings (SSSR count). The van der Waals surface area contributed by atoms with E-state index in [1.165, 1.54) is 12.3 Å². The molecule has 3 amide bonds. The largest absolute Gasteiger partial charge is 0.490 e. The van der Waals surface area contributed by atoms with E-state index in [1.807, 2.05) is 22.6 Å². The van der Waals surface area contributed by atoms with E-state index in [2.05, 4.69) is 27.7 Å². The predicted molar refractivity (Wildman–Crippen MR) is 167 cm³/mol. The van der Waals surface area contributed by atoms with Gasteiger partial charge in [-0.3, -0.25) is 14.4 Å². The minimum atomic E-state index is -0.959. The van der Waals surface area contributed by atoms with Gasteiger partial charge < -0.3 is 24.8 Å². The van der Waals surface area contributed by atoms with Gasteiger partial charge in [-0.25, -0.2) is 5.43 Å². The van der Waals surface area contributed by atoms with Crippen LogP contribution in [0.1, 0.15) is 12.5 Å². The molecule has 0 aliphatic carbocycles. The second-order valence-corrected chi connectivity index (χ2v) is 10.0. The van der Waals surface area contributed by atoms with Gasteiger partial charge in [0.15, 0.2) is 18.1 Å². The molecule has 0 saturated heterocycles. The zero-order chi connectivity index (χ0) is 29.8. The zero-order valence-electron chi connectivity index (χ0n) is 21.7. The van der Waals surface area contributed by atoms with Gasteiger partial charge in [-0.15, -0.1) is 0 Å². The summed E-state index contributed by atoms with van der Waals surface area (Å²) in [5.41, 5.74) is 3.55. The smallest absolute Gasteiger partial charge is 0.329 e. The monoisotopic (exact) mass is 710 g/mol. The standard InChI is InChI=1S/C28H25Cl2IN4O6/c1-3-11-40-20-8-6-19(7-9-20)33-27(37)28(38)35-32-15-17-12-22(31)26(24(13-17)39-4-2)41-16-25(36)34-23-10-5-18(29)14-21(23)30/h3,5-10,12-15H,1,4,11,16H2,2H3,(H,33,37)(H,34,36)(H,35,38)/b32-15-. The number of nitrogens with zero attached hydrogens (tertiary/aromatic N) is 1. The maximum absolute atomic E-state index is 12.4. The lowest BCUT2D eigenvalue weighted by molar-refractivity contribution is -0.136. The first-order valence-electron chi connectivity index (χ1n) is 12.0. The van der Waals surface area contributed by atoms with Crippen LogP contribution in [-0.2, 0) is 14.4 Å². The molecule has 0 atom stereocenters. The molecule has 0 heterocycles. The Kier molecular flexibility index (Phi) is 12.3. The van der Waals surface area contributed by atoms with Crippen LogP contribution in [-0.4, -0.2) is 43.8 Å². The molecule has 0 aromatic heterocycles. The van der Waals surface area contributed by atoms with Crippen molar-refractivity contribution in [1.29, 1.82) is 0 Å². The van der Waals surface area contributed by atoms with Gasteiger partial charge in [0, 0.05) is 10.7 Å². The third kappa shape index (κ3) is 9.95. The van der Waals surface area contributed by atoms with Gasteiger partial charge in [-0.05, 0) is 89.7 Å². The van der Waals surface area contributed by atoms with Gasteiger partial charge in [0.1, 0.15) is 12.4 Å². The van der Waals surface area contributed by atoms with E-state index in [0.717, 1.165) is 0 Å². The van der Waals surface area contributed by atoms with Crippen LogP contribution in [0.5, 0.6) is 17.2 Å². The molecule has 0 radical (unpaired) electrons. The average Bonchev–Trinajstić information content (AvgIpc) is 2.94. The number of anilines is 2. The SMILES string of the molecule is C=CCOc1ccc(NC(=O)C(=O)N/N=C\c2cc(I)c(OCC(=O)Nc3ccc(Cl)cc3Cl)c(OCC)c2)cc1. The summed E-state index contributed by atoms with van der Waals surface area (Å²) >= 11 is 14.0. The number of amides is 3.